The highest BCUT2D eigenvalue weighted by atomic mass is 16.6. The van der Waals surface area contributed by atoms with E-state index in [1.807, 2.05) is 0 Å². The number of hydrogen-bond donors (Lipinski definition) is 1. The van der Waals surface area contributed by atoms with Gasteiger partial charge in [0.25, 0.3) is 5.91 Å². The van der Waals surface area contributed by atoms with Crippen LogP contribution in [0.4, 0.5) is 5.69 Å². The zero-order valence-corrected chi connectivity index (χ0v) is 11.7. The van der Waals surface area contributed by atoms with Gasteiger partial charge in [-0.1, -0.05) is 6.07 Å². The number of benzene rings is 1. The van der Waals surface area contributed by atoms with Crippen LogP contribution < -0.4 is 4.74 Å². The van der Waals surface area contributed by atoms with Gasteiger partial charge in [-0.3, -0.25) is 19.7 Å². The Labute approximate surface area is 121 Å². The molecule has 0 aromatic heterocycles. The Morgan fingerprint density at radius 3 is 2.52 bits per heavy atom. The maximum atomic E-state index is 12.3. The average Bonchev–Trinajstić information content (AvgIpc) is 2.44. The number of likely N-dealkylation sites (N-methyl/N-ethyl adjacent to an activating group) is 1. The standard InChI is InChI=1S/C13H16N2O6/c1-3-14(8-11(16)17)13(18)9-6-5-7-10(15(19)20)12(9)21-4-2/h5-7H,3-4,8H2,1-2H3,(H,16,17). The third-order valence-corrected chi connectivity index (χ3v) is 2.71. The van der Waals surface area contributed by atoms with Crippen LogP contribution in [0.5, 0.6) is 5.75 Å². The van der Waals surface area contributed by atoms with E-state index in [1.165, 1.54) is 18.2 Å². The maximum Gasteiger partial charge on any atom is 0.323 e. The Balaban J connectivity index is 3.27. The van der Waals surface area contributed by atoms with E-state index in [0.717, 1.165) is 4.90 Å². The van der Waals surface area contributed by atoms with Crippen molar-refractivity contribution >= 4 is 17.6 Å². The molecule has 21 heavy (non-hydrogen) atoms. The average molecular weight is 296 g/mol. The summed E-state index contributed by atoms with van der Waals surface area (Å²) in [5, 5.41) is 19.8. The summed E-state index contributed by atoms with van der Waals surface area (Å²) in [5.74, 6) is -1.92. The molecular formula is C13H16N2O6. The van der Waals surface area contributed by atoms with Crippen LogP contribution in [0, 0.1) is 10.1 Å². The molecule has 0 atom stereocenters. The van der Waals surface area contributed by atoms with Crippen LogP contribution >= 0.6 is 0 Å². The number of ether oxygens (including phenoxy) is 1. The summed E-state index contributed by atoms with van der Waals surface area (Å²) >= 11 is 0. The van der Waals surface area contributed by atoms with Crippen molar-refractivity contribution in [3.63, 3.8) is 0 Å². The van der Waals surface area contributed by atoms with Gasteiger partial charge in [0.1, 0.15) is 6.54 Å². The van der Waals surface area contributed by atoms with Crippen molar-refractivity contribution in [3.05, 3.63) is 33.9 Å². The van der Waals surface area contributed by atoms with Crippen molar-refractivity contribution in [2.24, 2.45) is 0 Å². The molecule has 0 saturated carbocycles. The minimum Gasteiger partial charge on any atom is -0.487 e. The molecule has 0 bridgehead atoms. The van der Waals surface area contributed by atoms with Crippen LogP contribution in [-0.4, -0.2) is 46.5 Å². The fourth-order valence-corrected chi connectivity index (χ4v) is 1.79. The Morgan fingerprint density at radius 2 is 2.05 bits per heavy atom. The minimum absolute atomic E-state index is 0.0193. The van der Waals surface area contributed by atoms with Gasteiger partial charge in [0.2, 0.25) is 5.75 Å². The molecule has 1 N–H and O–H groups in total. The van der Waals surface area contributed by atoms with E-state index in [1.54, 1.807) is 13.8 Å². The molecule has 0 aliphatic rings. The van der Waals surface area contributed by atoms with Crippen LogP contribution in [0.1, 0.15) is 24.2 Å². The number of aliphatic carboxylic acids is 1. The molecular weight excluding hydrogens is 280 g/mol. The number of carboxylic acids is 1. The van der Waals surface area contributed by atoms with Gasteiger partial charge in [0.05, 0.1) is 17.1 Å². The van der Waals surface area contributed by atoms with Gasteiger partial charge < -0.3 is 14.7 Å². The fraction of sp³-hybridized carbons (Fsp3) is 0.385. The third kappa shape index (κ3) is 3.91. The molecule has 0 heterocycles. The van der Waals surface area contributed by atoms with E-state index >= 15 is 0 Å². The molecule has 8 heteroatoms. The minimum atomic E-state index is -1.16. The highest BCUT2D eigenvalue weighted by Crippen LogP contribution is 2.31. The Morgan fingerprint density at radius 1 is 1.38 bits per heavy atom. The second kappa shape index (κ2) is 7.22. The van der Waals surface area contributed by atoms with Crippen LogP contribution in [0.2, 0.25) is 0 Å². The van der Waals surface area contributed by atoms with Crippen molar-refractivity contribution < 1.29 is 24.4 Å². The molecule has 0 radical (unpaired) electrons. The molecule has 114 valence electrons. The van der Waals surface area contributed by atoms with Gasteiger partial charge in [-0.25, -0.2) is 0 Å². The zero-order valence-electron chi connectivity index (χ0n) is 11.7. The maximum absolute atomic E-state index is 12.3. The number of para-hydroxylation sites is 1. The number of hydrogen-bond acceptors (Lipinski definition) is 5. The summed E-state index contributed by atoms with van der Waals surface area (Å²) in [6.45, 7) is 3.09. The molecule has 0 saturated heterocycles. The van der Waals surface area contributed by atoms with E-state index in [2.05, 4.69) is 0 Å². The van der Waals surface area contributed by atoms with E-state index in [4.69, 9.17) is 9.84 Å². The number of carboxylic acid groups (broad SMARTS) is 1. The summed E-state index contributed by atoms with van der Waals surface area (Å²) in [6.07, 6.45) is 0. The predicted molar refractivity (Wildman–Crippen MR) is 73.5 cm³/mol. The third-order valence-electron chi connectivity index (χ3n) is 2.71. The number of carbonyl (C=O) groups is 2. The Kier molecular flexibility index (Phi) is 5.65. The zero-order chi connectivity index (χ0) is 16.0. The van der Waals surface area contributed by atoms with Gasteiger partial charge in [0.15, 0.2) is 0 Å². The predicted octanol–water partition coefficient (Wildman–Crippen LogP) is 1.54. The SMILES string of the molecule is CCOc1c(C(=O)N(CC)CC(=O)O)cccc1[N+](=O)[O-]. The number of nitrogens with zero attached hydrogens (tertiary/aromatic N) is 2. The number of carbonyl (C=O) groups excluding carboxylic acids is 1. The molecule has 1 amide bonds. The topological polar surface area (TPSA) is 110 Å². The second-order valence-electron chi connectivity index (χ2n) is 4.06. The van der Waals surface area contributed by atoms with Gasteiger partial charge in [-0.2, -0.15) is 0 Å². The fourth-order valence-electron chi connectivity index (χ4n) is 1.79. The summed E-state index contributed by atoms with van der Waals surface area (Å²) in [6, 6.07) is 3.97. The monoisotopic (exact) mass is 296 g/mol. The lowest BCUT2D eigenvalue weighted by Crippen LogP contribution is -2.35. The largest absolute Gasteiger partial charge is 0.487 e. The van der Waals surface area contributed by atoms with Gasteiger partial charge in [0, 0.05) is 12.6 Å². The lowest BCUT2D eigenvalue weighted by molar-refractivity contribution is -0.385. The highest BCUT2D eigenvalue weighted by molar-refractivity contribution is 5.99. The second-order valence-corrected chi connectivity index (χ2v) is 4.06. The first-order valence-corrected chi connectivity index (χ1v) is 6.33. The van der Waals surface area contributed by atoms with Gasteiger partial charge in [-0.15, -0.1) is 0 Å². The van der Waals surface area contributed by atoms with E-state index in [0.29, 0.717) is 0 Å². The summed E-state index contributed by atoms with van der Waals surface area (Å²) in [7, 11) is 0. The van der Waals surface area contributed by atoms with Crippen LogP contribution in [0.15, 0.2) is 18.2 Å². The highest BCUT2D eigenvalue weighted by Gasteiger charge is 2.26. The van der Waals surface area contributed by atoms with Crippen molar-refractivity contribution in [3.8, 4) is 5.75 Å². The van der Waals surface area contributed by atoms with Gasteiger partial charge in [-0.05, 0) is 19.9 Å². The number of amides is 1. The number of nitro groups is 1. The smallest absolute Gasteiger partial charge is 0.323 e. The van der Waals surface area contributed by atoms with Crippen molar-refractivity contribution in [1.82, 2.24) is 4.90 Å². The quantitative estimate of drug-likeness (QED) is 0.603. The molecule has 1 aromatic rings. The first kappa shape index (κ1) is 16.4. The number of rotatable bonds is 7. The normalized spacial score (nSPS) is 10.0. The Hall–Kier alpha value is -2.64. The lowest BCUT2D eigenvalue weighted by atomic mass is 10.1. The van der Waals surface area contributed by atoms with E-state index in [9.17, 15) is 19.7 Å². The summed E-state index contributed by atoms with van der Waals surface area (Å²) < 4.78 is 5.21. The van der Waals surface area contributed by atoms with Crippen molar-refractivity contribution in [2.45, 2.75) is 13.8 Å². The molecule has 0 aliphatic carbocycles. The lowest BCUT2D eigenvalue weighted by Gasteiger charge is -2.20. The summed E-state index contributed by atoms with van der Waals surface area (Å²) in [5.41, 5.74) is -0.344. The van der Waals surface area contributed by atoms with Crippen LogP contribution in [0.3, 0.4) is 0 Å². The van der Waals surface area contributed by atoms with Crippen LogP contribution in [0.25, 0.3) is 0 Å². The van der Waals surface area contributed by atoms with Gasteiger partial charge >= 0.3 is 11.7 Å². The van der Waals surface area contributed by atoms with Crippen molar-refractivity contribution in [1.29, 1.82) is 0 Å². The first-order chi connectivity index (χ1) is 9.92. The molecule has 0 aliphatic heterocycles. The summed E-state index contributed by atoms with van der Waals surface area (Å²) in [4.78, 5) is 34.5. The number of nitro benzene ring substituents is 1. The molecule has 8 nitrogen and oxygen atoms in total. The van der Waals surface area contributed by atoms with E-state index in [-0.39, 0.29) is 30.2 Å². The molecule has 0 unspecified atom stereocenters. The van der Waals surface area contributed by atoms with Crippen LogP contribution in [-0.2, 0) is 4.79 Å². The Bertz CT molecular complexity index is 558. The first-order valence-electron chi connectivity index (χ1n) is 6.33. The molecule has 0 spiro atoms. The molecule has 0 fully saturated rings. The van der Waals surface area contributed by atoms with E-state index < -0.39 is 23.3 Å². The van der Waals surface area contributed by atoms with Crippen molar-refractivity contribution in [2.75, 3.05) is 19.7 Å². The molecule has 1 rings (SSSR count). The molecule has 1 aromatic carbocycles.